The molecule has 24 heavy (non-hydrogen) atoms. The number of rotatable bonds is 4. The highest BCUT2D eigenvalue weighted by molar-refractivity contribution is 9.10. The molecular formula is C16H15BrFN5O. The molecule has 3 aromatic rings. The minimum absolute atomic E-state index is 0.0501. The van der Waals surface area contributed by atoms with Gasteiger partial charge in [-0.3, -0.25) is 4.79 Å². The summed E-state index contributed by atoms with van der Waals surface area (Å²) in [6.07, 6.45) is 1.61. The minimum atomic E-state index is -0.359. The zero-order chi connectivity index (χ0) is 17.3. The number of carbonyl (C=O) groups excluding carboxylic acids is 1. The van der Waals surface area contributed by atoms with Gasteiger partial charge < -0.3 is 4.90 Å². The molecule has 0 bridgehead atoms. The third-order valence-corrected chi connectivity index (χ3v) is 4.15. The van der Waals surface area contributed by atoms with Crippen LogP contribution in [-0.4, -0.2) is 36.9 Å². The van der Waals surface area contributed by atoms with Gasteiger partial charge in [-0.1, -0.05) is 15.9 Å². The van der Waals surface area contributed by atoms with Gasteiger partial charge in [-0.15, -0.1) is 5.10 Å². The Hall–Kier alpha value is -2.35. The van der Waals surface area contributed by atoms with Gasteiger partial charge in [0.05, 0.1) is 0 Å². The monoisotopic (exact) mass is 391 g/mol. The van der Waals surface area contributed by atoms with Crippen LogP contribution >= 0.6 is 15.9 Å². The predicted octanol–water partition coefficient (Wildman–Crippen LogP) is 3.00. The fourth-order valence-electron chi connectivity index (χ4n) is 2.34. The van der Waals surface area contributed by atoms with E-state index in [1.54, 1.807) is 24.4 Å². The third-order valence-electron chi connectivity index (χ3n) is 3.66. The van der Waals surface area contributed by atoms with Gasteiger partial charge in [-0.05, 0) is 38.1 Å². The smallest absolute Gasteiger partial charge is 0.293 e. The van der Waals surface area contributed by atoms with Gasteiger partial charge in [-0.2, -0.15) is 4.98 Å². The van der Waals surface area contributed by atoms with E-state index in [2.05, 4.69) is 31.0 Å². The van der Waals surface area contributed by atoms with E-state index in [-0.39, 0.29) is 24.1 Å². The lowest BCUT2D eigenvalue weighted by atomic mass is 10.2. The van der Waals surface area contributed by atoms with Crippen LogP contribution in [0.5, 0.6) is 0 Å². The fourth-order valence-corrected chi connectivity index (χ4v) is 2.74. The Morgan fingerprint density at radius 2 is 2.17 bits per heavy atom. The molecule has 0 atom stereocenters. The van der Waals surface area contributed by atoms with Crippen molar-refractivity contribution in [2.24, 2.45) is 0 Å². The van der Waals surface area contributed by atoms with Crippen LogP contribution in [0.4, 0.5) is 4.39 Å². The van der Waals surface area contributed by atoms with E-state index in [9.17, 15) is 9.18 Å². The molecule has 0 fully saturated rings. The molecule has 0 saturated carbocycles. The molecule has 0 saturated heterocycles. The Morgan fingerprint density at radius 3 is 2.88 bits per heavy atom. The summed E-state index contributed by atoms with van der Waals surface area (Å²) < 4.78 is 16.2. The minimum Gasteiger partial charge on any atom is -0.332 e. The molecule has 0 N–H and O–H groups in total. The highest BCUT2D eigenvalue weighted by Crippen LogP contribution is 2.18. The second kappa shape index (κ2) is 6.64. The topological polar surface area (TPSA) is 63.4 Å². The van der Waals surface area contributed by atoms with Crippen LogP contribution in [0.1, 0.15) is 28.8 Å². The van der Waals surface area contributed by atoms with Crippen molar-refractivity contribution in [3.05, 3.63) is 57.8 Å². The number of aromatic nitrogens is 4. The number of hydrogen-bond donors (Lipinski definition) is 0. The molecule has 0 unspecified atom stereocenters. The standard InChI is InChI=1S/C16H15BrFN5O/c1-3-22(9-11-8-12(17)4-5-13(11)18)15(24)14-20-16-19-7-6-10(2)23(16)21-14/h4-8H,3,9H2,1-2H3. The van der Waals surface area contributed by atoms with Crippen LogP contribution in [-0.2, 0) is 6.54 Å². The van der Waals surface area contributed by atoms with Crippen LogP contribution in [0, 0.1) is 12.7 Å². The van der Waals surface area contributed by atoms with Crippen LogP contribution < -0.4 is 0 Å². The molecule has 6 nitrogen and oxygen atoms in total. The molecule has 0 spiro atoms. The van der Waals surface area contributed by atoms with E-state index < -0.39 is 0 Å². The van der Waals surface area contributed by atoms with Crippen LogP contribution in [0.15, 0.2) is 34.9 Å². The first-order chi connectivity index (χ1) is 11.5. The molecule has 2 heterocycles. The van der Waals surface area contributed by atoms with Crippen molar-refractivity contribution in [3.8, 4) is 0 Å². The maximum Gasteiger partial charge on any atom is 0.293 e. The van der Waals surface area contributed by atoms with Crippen molar-refractivity contribution in [3.63, 3.8) is 0 Å². The first-order valence-electron chi connectivity index (χ1n) is 7.41. The Kier molecular flexibility index (Phi) is 4.57. The highest BCUT2D eigenvalue weighted by Gasteiger charge is 2.21. The van der Waals surface area contributed by atoms with E-state index in [0.29, 0.717) is 17.9 Å². The van der Waals surface area contributed by atoms with Crippen molar-refractivity contribution >= 4 is 27.6 Å². The summed E-state index contributed by atoms with van der Waals surface area (Å²) in [5.74, 6) is -0.302. The number of carbonyl (C=O) groups is 1. The summed E-state index contributed by atoms with van der Waals surface area (Å²) in [4.78, 5) is 22.4. The van der Waals surface area contributed by atoms with Crippen LogP contribution in [0.25, 0.3) is 5.78 Å². The maximum atomic E-state index is 13.9. The third kappa shape index (κ3) is 3.14. The Labute approximate surface area is 146 Å². The van der Waals surface area contributed by atoms with E-state index in [4.69, 9.17) is 0 Å². The van der Waals surface area contributed by atoms with Gasteiger partial charge in [0.2, 0.25) is 5.82 Å². The molecule has 1 aromatic carbocycles. The number of hydrogen-bond acceptors (Lipinski definition) is 4. The largest absolute Gasteiger partial charge is 0.332 e. The molecule has 0 aliphatic rings. The highest BCUT2D eigenvalue weighted by atomic mass is 79.9. The van der Waals surface area contributed by atoms with Gasteiger partial charge in [0.1, 0.15) is 5.82 Å². The van der Waals surface area contributed by atoms with Crippen molar-refractivity contribution in [1.82, 2.24) is 24.5 Å². The number of amides is 1. The Morgan fingerprint density at radius 1 is 1.38 bits per heavy atom. The average molecular weight is 392 g/mol. The van der Waals surface area contributed by atoms with E-state index in [1.807, 2.05) is 13.8 Å². The zero-order valence-corrected chi connectivity index (χ0v) is 14.8. The summed E-state index contributed by atoms with van der Waals surface area (Å²) in [5.41, 5.74) is 1.25. The predicted molar refractivity (Wildman–Crippen MR) is 90.0 cm³/mol. The number of halogens is 2. The van der Waals surface area contributed by atoms with E-state index in [0.717, 1.165) is 10.2 Å². The van der Waals surface area contributed by atoms with E-state index >= 15 is 0 Å². The summed E-state index contributed by atoms with van der Waals surface area (Å²) in [6, 6.07) is 6.43. The van der Waals surface area contributed by atoms with Crippen molar-refractivity contribution in [1.29, 1.82) is 0 Å². The maximum absolute atomic E-state index is 13.9. The van der Waals surface area contributed by atoms with Crippen LogP contribution in [0.3, 0.4) is 0 Å². The summed E-state index contributed by atoms with van der Waals surface area (Å²) in [7, 11) is 0. The van der Waals surface area contributed by atoms with Gasteiger partial charge >= 0.3 is 0 Å². The molecule has 1 amide bonds. The normalized spacial score (nSPS) is 11.0. The van der Waals surface area contributed by atoms with Gasteiger partial charge in [0, 0.05) is 35.0 Å². The molecule has 8 heteroatoms. The van der Waals surface area contributed by atoms with E-state index in [1.165, 1.54) is 15.5 Å². The summed E-state index contributed by atoms with van der Waals surface area (Å²) in [5, 5.41) is 4.21. The summed E-state index contributed by atoms with van der Waals surface area (Å²) in [6.45, 7) is 4.23. The molecule has 124 valence electrons. The molecule has 0 aliphatic heterocycles. The van der Waals surface area contributed by atoms with Crippen molar-refractivity contribution in [2.75, 3.05) is 6.54 Å². The van der Waals surface area contributed by atoms with Gasteiger partial charge in [0.25, 0.3) is 11.7 Å². The lowest BCUT2D eigenvalue weighted by Crippen LogP contribution is -2.31. The van der Waals surface area contributed by atoms with Crippen molar-refractivity contribution < 1.29 is 9.18 Å². The Bertz CT molecular complexity index is 911. The SMILES string of the molecule is CCN(Cc1cc(Br)ccc1F)C(=O)c1nc2nccc(C)n2n1. The number of nitrogens with zero attached hydrogens (tertiary/aromatic N) is 5. The fraction of sp³-hybridized carbons (Fsp3) is 0.250. The molecule has 2 aromatic heterocycles. The molecule has 0 radical (unpaired) electrons. The molecule has 3 rings (SSSR count). The van der Waals surface area contributed by atoms with Gasteiger partial charge in [0.15, 0.2) is 0 Å². The lowest BCUT2D eigenvalue weighted by molar-refractivity contribution is 0.0739. The zero-order valence-electron chi connectivity index (χ0n) is 13.2. The second-order valence-corrected chi connectivity index (χ2v) is 6.20. The van der Waals surface area contributed by atoms with Gasteiger partial charge in [-0.25, -0.2) is 13.9 Å². The average Bonchev–Trinajstić information content (AvgIpc) is 3.00. The molecule has 0 aliphatic carbocycles. The van der Waals surface area contributed by atoms with Crippen molar-refractivity contribution in [2.45, 2.75) is 20.4 Å². The Balaban J connectivity index is 1.90. The number of fused-ring (bicyclic) bond motifs is 1. The number of aryl methyl sites for hydroxylation is 1. The second-order valence-electron chi connectivity index (χ2n) is 5.29. The quantitative estimate of drug-likeness (QED) is 0.685. The molecular weight excluding hydrogens is 377 g/mol. The lowest BCUT2D eigenvalue weighted by Gasteiger charge is -2.19. The first kappa shape index (κ1) is 16.5. The summed E-state index contributed by atoms with van der Waals surface area (Å²) >= 11 is 3.31. The number of benzene rings is 1. The van der Waals surface area contributed by atoms with Crippen LogP contribution in [0.2, 0.25) is 0 Å². The first-order valence-corrected chi connectivity index (χ1v) is 8.20.